The quantitative estimate of drug-likeness (QED) is 0.867. The molecule has 1 aromatic carbocycles. The Morgan fingerprint density at radius 1 is 1.38 bits per heavy atom. The molecule has 1 aliphatic rings. The van der Waals surface area contributed by atoms with Crippen LogP contribution in [0.4, 0.5) is 0 Å². The van der Waals surface area contributed by atoms with Crippen LogP contribution in [0.25, 0.3) is 0 Å². The number of hydrogen-bond acceptors (Lipinski definition) is 4. The summed E-state index contributed by atoms with van der Waals surface area (Å²) in [5.41, 5.74) is 3.11. The predicted molar refractivity (Wildman–Crippen MR) is 92.0 cm³/mol. The van der Waals surface area contributed by atoms with Gasteiger partial charge in [-0.15, -0.1) is 0 Å². The molecule has 1 amide bonds. The number of carbonyl (C=O) groups is 1. The van der Waals surface area contributed by atoms with Crippen LogP contribution in [0.2, 0.25) is 0 Å². The fraction of sp³-hybridized carbons (Fsp3) is 0.421. The van der Waals surface area contributed by atoms with Crippen LogP contribution in [0.3, 0.4) is 0 Å². The number of carbonyl (C=O) groups excluding carboxylic acids is 1. The number of hydrogen-bond donors (Lipinski definition) is 0. The third-order valence-electron chi connectivity index (χ3n) is 4.57. The molecule has 1 aliphatic heterocycles. The van der Waals surface area contributed by atoms with Crippen molar-refractivity contribution < 1.29 is 9.53 Å². The molecule has 5 nitrogen and oxygen atoms in total. The zero-order chi connectivity index (χ0) is 16.9. The van der Waals surface area contributed by atoms with Crippen molar-refractivity contribution in [2.24, 2.45) is 0 Å². The molecular weight excluding hydrogens is 302 g/mol. The van der Waals surface area contributed by atoms with Gasteiger partial charge in [0.25, 0.3) is 0 Å². The fourth-order valence-electron chi connectivity index (χ4n) is 3.31. The standard InChI is InChI=1S/C19H23N3O2/c1-14-5-6-18(24-2)16(10-14)11-19(23)22-9-3-4-15(12-22)17-7-8-20-13-21-17/h5-8,10,13,15H,3-4,9,11-12H2,1-2H3/t15-/m1/s1. The van der Waals surface area contributed by atoms with Gasteiger partial charge in [0.15, 0.2) is 0 Å². The van der Waals surface area contributed by atoms with Crippen LogP contribution < -0.4 is 4.74 Å². The Morgan fingerprint density at radius 3 is 3.00 bits per heavy atom. The molecule has 0 N–H and O–H groups in total. The molecule has 3 rings (SSSR count). The molecule has 1 saturated heterocycles. The summed E-state index contributed by atoms with van der Waals surface area (Å²) < 4.78 is 5.39. The Kier molecular flexibility index (Phi) is 5.08. The molecule has 2 heterocycles. The zero-order valence-electron chi connectivity index (χ0n) is 14.2. The summed E-state index contributed by atoms with van der Waals surface area (Å²) >= 11 is 0. The molecule has 0 spiro atoms. The summed E-state index contributed by atoms with van der Waals surface area (Å²) in [7, 11) is 1.64. The summed E-state index contributed by atoms with van der Waals surface area (Å²) in [6.07, 6.45) is 5.79. The second-order valence-electron chi connectivity index (χ2n) is 6.31. The van der Waals surface area contributed by atoms with Gasteiger partial charge < -0.3 is 9.64 Å². The van der Waals surface area contributed by atoms with Gasteiger partial charge in [-0.2, -0.15) is 0 Å². The van der Waals surface area contributed by atoms with Gasteiger partial charge in [0.2, 0.25) is 5.91 Å². The minimum atomic E-state index is 0.151. The molecule has 0 radical (unpaired) electrons. The molecule has 5 heteroatoms. The van der Waals surface area contributed by atoms with E-state index < -0.39 is 0 Å². The summed E-state index contributed by atoms with van der Waals surface area (Å²) in [5, 5.41) is 0. The van der Waals surface area contributed by atoms with Crippen LogP contribution >= 0.6 is 0 Å². The van der Waals surface area contributed by atoms with Gasteiger partial charge in [0, 0.05) is 36.5 Å². The normalized spacial score (nSPS) is 17.6. The topological polar surface area (TPSA) is 55.3 Å². The molecule has 1 fully saturated rings. The molecule has 0 unspecified atom stereocenters. The Hall–Kier alpha value is -2.43. The number of piperidine rings is 1. The first-order valence-corrected chi connectivity index (χ1v) is 8.34. The maximum Gasteiger partial charge on any atom is 0.227 e. The third-order valence-corrected chi connectivity index (χ3v) is 4.57. The number of ether oxygens (including phenoxy) is 1. The van der Waals surface area contributed by atoms with E-state index in [1.165, 1.54) is 0 Å². The highest BCUT2D eigenvalue weighted by atomic mass is 16.5. The number of benzene rings is 1. The van der Waals surface area contributed by atoms with Crippen LogP contribution in [-0.2, 0) is 11.2 Å². The SMILES string of the molecule is COc1ccc(C)cc1CC(=O)N1CCC[C@@H](c2ccncn2)C1. The molecule has 0 bridgehead atoms. The number of methoxy groups -OCH3 is 1. The molecule has 24 heavy (non-hydrogen) atoms. The number of aryl methyl sites for hydroxylation is 1. The van der Waals surface area contributed by atoms with E-state index in [0.29, 0.717) is 12.3 Å². The summed E-state index contributed by atoms with van der Waals surface area (Å²) in [6, 6.07) is 7.90. The van der Waals surface area contributed by atoms with E-state index in [2.05, 4.69) is 9.97 Å². The smallest absolute Gasteiger partial charge is 0.227 e. The van der Waals surface area contributed by atoms with Crippen LogP contribution in [0, 0.1) is 6.92 Å². The van der Waals surface area contributed by atoms with Gasteiger partial charge >= 0.3 is 0 Å². The first-order valence-electron chi connectivity index (χ1n) is 8.34. The number of amides is 1. The lowest BCUT2D eigenvalue weighted by Crippen LogP contribution is -2.40. The molecule has 2 aromatic rings. The monoisotopic (exact) mass is 325 g/mol. The second kappa shape index (κ2) is 7.43. The summed E-state index contributed by atoms with van der Waals surface area (Å²) in [5.74, 6) is 1.22. The average molecular weight is 325 g/mol. The van der Waals surface area contributed by atoms with Gasteiger partial charge in [-0.1, -0.05) is 17.7 Å². The largest absolute Gasteiger partial charge is 0.496 e. The molecule has 1 aromatic heterocycles. The van der Waals surface area contributed by atoms with Crippen LogP contribution in [-0.4, -0.2) is 41.0 Å². The molecule has 0 aliphatic carbocycles. The number of likely N-dealkylation sites (tertiary alicyclic amines) is 1. The Bertz CT molecular complexity index is 703. The third kappa shape index (κ3) is 3.72. The predicted octanol–water partition coefficient (Wildman–Crippen LogP) is 2.74. The van der Waals surface area contributed by atoms with E-state index in [0.717, 1.165) is 48.5 Å². The van der Waals surface area contributed by atoms with Crippen molar-refractivity contribution >= 4 is 5.91 Å². The highest BCUT2D eigenvalue weighted by molar-refractivity contribution is 5.79. The van der Waals surface area contributed by atoms with Crippen molar-refractivity contribution in [2.75, 3.05) is 20.2 Å². The Balaban J connectivity index is 1.70. The highest BCUT2D eigenvalue weighted by Crippen LogP contribution is 2.26. The average Bonchev–Trinajstić information content (AvgIpc) is 2.63. The van der Waals surface area contributed by atoms with Crippen molar-refractivity contribution in [2.45, 2.75) is 32.1 Å². The van der Waals surface area contributed by atoms with E-state index in [9.17, 15) is 4.79 Å². The lowest BCUT2D eigenvalue weighted by atomic mass is 9.94. The minimum Gasteiger partial charge on any atom is -0.496 e. The molecule has 0 saturated carbocycles. The van der Waals surface area contributed by atoms with Crippen LogP contribution in [0.5, 0.6) is 5.75 Å². The van der Waals surface area contributed by atoms with Gasteiger partial charge in [0.1, 0.15) is 12.1 Å². The lowest BCUT2D eigenvalue weighted by Gasteiger charge is -2.32. The van der Waals surface area contributed by atoms with Crippen molar-refractivity contribution in [3.8, 4) is 5.75 Å². The maximum atomic E-state index is 12.8. The van der Waals surface area contributed by atoms with Gasteiger partial charge in [0.05, 0.1) is 13.5 Å². The van der Waals surface area contributed by atoms with Crippen LogP contribution in [0.15, 0.2) is 36.8 Å². The maximum absolute atomic E-state index is 12.8. The zero-order valence-corrected chi connectivity index (χ0v) is 14.2. The Labute approximate surface area is 142 Å². The molecular formula is C19H23N3O2. The summed E-state index contributed by atoms with van der Waals surface area (Å²) in [4.78, 5) is 23.0. The fourth-order valence-corrected chi connectivity index (χ4v) is 3.31. The number of nitrogens with zero attached hydrogens (tertiary/aromatic N) is 3. The summed E-state index contributed by atoms with van der Waals surface area (Å²) in [6.45, 7) is 3.57. The number of rotatable bonds is 4. The van der Waals surface area contributed by atoms with E-state index in [4.69, 9.17) is 4.74 Å². The van der Waals surface area contributed by atoms with Gasteiger partial charge in [-0.3, -0.25) is 4.79 Å². The first kappa shape index (κ1) is 16.4. The minimum absolute atomic E-state index is 0.151. The van der Waals surface area contributed by atoms with Crippen molar-refractivity contribution in [1.82, 2.24) is 14.9 Å². The first-order chi connectivity index (χ1) is 11.7. The van der Waals surface area contributed by atoms with Crippen molar-refractivity contribution in [3.05, 3.63) is 53.6 Å². The van der Waals surface area contributed by atoms with Gasteiger partial charge in [-0.25, -0.2) is 9.97 Å². The highest BCUT2D eigenvalue weighted by Gasteiger charge is 2.26. The second-order valence-corrected chi connectivity index (χ2v) is 6.31. The molecule has 1 atom stereocenters. The van der Waals surface area contributed by atoms with Crippen molar-refractivity contribution in [1.29, 1.82) is 0 Å². The Morgan fingerprint density at radius 2 is 2.25 bits per heavy atom. The number of aromatic nitrogens is 2. The van der Waals surface area contributed by atoms with E-state index >= 15 is 0 Å². The van der Waals surface area contributed by atoms with E-state index in [1.807, 2.05) is 36.1 Å². The lowest BCUT2D eigenvalue weighted by molar-refractivity contribution is -0.131. The van der Waals surface area contributed by atoms with Crippen molar-refractivity contribution in [3.63, 3.8) is 0 Å². The van der Waals surface area contributed by atoms with Gasteiger partial charge in [-0.05, 0) is 31.9 Å². The van der Waals surface area contributed by atoms with E-state index in [1.54, 1.807) is 19.6 Å². The van der Waals surface area contributed by atoms with E-state index in [-0.39, 0.29) is 5.91 Å². The van der Waals surface area contributed by atoms with Crippen LogP contribution in [0.1, 0.15) is 35.6 Å². The molecule has 126 valence electrons.